The lowest BCUT2D eigenvalue weighted by molar-refractivity contribution is 1.20. The molecule has 0 aromatic carbocycles. The molecule has 0 saturated carbocycles. The normalized spacial score (nSPS) is 10.7. The summed E-state index contributed by atoms with van der Waals surface area (Å²) in [7, 11) is 0. The molecule has 0 aliphatic rings. The van der Waals surface area contributed by atoms with E-state index < -0.39 is 0 Å². The summed E-state index contributed by atoms with van der Waals surface area (Å²) in [4.78, 5) is 16.5. The van der Waals surface area contributed by atoms with Crippen molar-refractivity contribution in [1.82, 2.24) is 19.9 Å². The van der Waals surface area contributed by atoms with E-state index in [-0.39, 0.29) is 0 Å². The predicted molar refractivity (Wildman–Crippen MR) is 70.0 cm³/mol. The van der Waals surface area contributed by atoms with Crippen molar-refractivity contribution in [2.45, 2.75) is 0 Å². The molecule has 0 radical (unpaired) electrons. The minimum atomic E-state index is 0.349. The van der Waals surface area contributed by atoms with Crippen LogP contribution in [-0.2, 0) is 0 Å². The summed E-state index contributed by atoms with van der Waals surface area (Å²) in [6.45, 7) is 0. The van der Waals surface area contributed by atoms with Crippen molar-refractivity contribution >= 4 is 28.5 Å². The van der Waals surface area contributed by atoms with Crippen molar-refractivity contribution < 1.29 is 0 Å². The Labute approximate surface area is 108 Å². The topological polar surface area (TPSA) is 77.6 Å². The third kappa shape index (κ3) is 1.74. The third-order valence-electron chi connectivity index (χ3n) is 2.55. The number of anilines is 1. The zero-order valence-corrected chi connectivity index (χ0v) is 9.96. The minimum Gasteiger partial charge on any atom is -0.382 e. The molecule has 5 nitrogen and oxygen atoms in total. The molecule has 3 aromatic heterocycles. The van der Waals surface area contributed by atoms with Crippen LogP contribution in [0.2, 0.25) is 5.15 Å². The highest BCUT2D eigenvalue weighted by atomic mass is 35.5. The Balaban J connectivity index is 2.26. The van der Waals surface area contributed by atoms with Crippen LogP contribution < -0.4 is 5.73 Å². The molecule has 3 aromatic rings. The van der Waals surface area contributed by atoms with Crippen molar-refractivity contribution in [2.24, 2.45) is 0 Å². The van der Waals surface area contributed by atoms with Crippen LogP contribution in [0.15, 0.2) is 36.8 Å². The molecule has 0 spiro atoms. The third-order valence-corrected chi connectivity index (χ3v) is 2.85. The molecule has 0 saturated heterocycles. The van der Waals surface area contributed by atoms with Crippen LogP contribution in [0.4, 0.5) is 5.82 Å². The Hall–Kier alpha value is -2.27. The summed E-state index contributed by atoms with van der Waals surface area (Å²) < 4.78 is 0. The number of nitrogen functional groups attached to an aromatic ring is 1. The summed E-state index contributed by atoms with van der Waals surface area (Å²) in [5.74, 6) is 0.349. The van der Waals surface area contributed by atoms with Crippen molar-refractivity contribution in [3.8, 4) is 11.3 Å². The second-order valence-electron chi connectivity index (χ2n) is 3.66. The maximum absolute atomic E-state index is 6.04. The lowest BCUT2D eigenvalue weighted by Crippen LogP contribution is -1.96. The van der Waals surface area contributed by atoms with Gasteiger partial charge in [-0.1, -0.05) is 11.6 Å². The summed E-state index contributed by atoms with van der Waals surface area (Å²) in [5.41, 5.74) is 8.49. The second kappa shape index (κ2) is 4.19. The molecular formula is C12H8ClN5. The molecule has 0 aliphatic carbocycles. The maximum Gasteiger partial charge on any atom is 0.153 e. The van der Waals surface area contributed by atoms with Crippen molar-refractivity contribution in [2.75, 3.05) is 5.73 Å². The molecule has 0 unspecified atom stereocenters. The van der Waals surface area contributed by atoms with Crippen LogP contribution in [0.1, 0.15) is 0 Å². The zero-order chi connectivity index (χ0) is 12.5. The summed E-state index contributed by atoms with van der Waals surface area (Å²) in [6, 6.07) is 7.32. The Bertz CT molecular complexity index is 728. The number of pyridine rings is 2. The average Bonchev–Trinajstić information content (AvgIpc) is 2.40. The van der Waals surface area contributed by atoms with E-state index in [0.29, 0.717) is 27.7 Å². The maximum atomic E-state index is 6.04. The van der Waals surface area contributed by atoms with Gasteiger partial charge < -0.3 is 5.73 Å². The second-order valence-corrected chi connectivity index (χ2v) is 4.02. The molecule has 2 N–H and O–H groups in total. The molecule has 0 aliphatic heterocycles. The molecular weight excluding hydrogens is 250 g/mol. The van der Waals surface area contributed by atoms with Gasteiger partial charge >= 0.3 is 0 Å². The van der Waals surface area contributed by atoms with Crippen LogP contribution >= 0.6 is 11.6 Å². The van der Waals surface area contributed by atoms with Gasteiger partial charge in [0.1, 0.15) is 17.0 Å². The van der Waals surface area contributed by atoms with Gasteiger partial charge in [0.2, 0.25) is 0 Å². The van der Waals surface area contributed by atoms with E-state index in [0.717, 1.165) is 5.56 Å². The number of hydrogen-bond donors (Lipinski definition) is 1. The molecule has 6 heteroatoms. The van der Waals surface area contributed by atoms with Gasteiger partial charge in [-0.2, -0.15) is 0 Å². The lowest BCUT2D eigenvalue weighted by Gasteiger charge is -2.04. The monoisotopic (exact) mass is 257 g/mol. The van der Waals surface area contributed by atoms with E-state index in [1.165, 1.54) is 6.33 Å². The first-order valence-corrected chi connectivity index (χ1v) is 5.61. The minimum absolute atomic E-state index is 0.349. The number of rotatable bonds is 1. The number of hydrogen-bond acceptors (Lipinski definition) is 5. The van der Waals surface area contributed by atoms with E-state index in [2.05, 4.69) is 19.9 Å². The van der Waals surface area contributed by atoms with E-state index in [4.69, 9.17) is 17.3 Å². The van der Waals surface area contributed by atoms with Gasteiger partial charge in [0, 0.05) is 11.8 Å². The van der Waals surface area contributed by atoms with Gasteiger partial charge in [-0.15, -0.1) is 0 Å². The van der Waals surface area contributed by atoms with Gasteiger partial charge in [-0.05, 0) is 24.3 Å². The highest BCUT2D eigenvalue weighted by Gasteiger charge is 2.08. The Morgan fingerprint density at radius 2 is 1.94 bits per heavy atom. The fraction of sp³-hybridized carbons (Fsp3) is 0. The number of fused-ring (bicyclic) bond motifs is 1. The van der Waals surface area contributed by atoms with Gasteiger partial charge in [0.05, 0.1) is 11.2 Å². The first-order valence-electron chi connectivity index (χ1n) is 5.24. The fourth-order valence-corrected chi connectivity index (χ4v) is 1.90. The largest absolute Gasteiger partial charge is 0.382 e. The summed E-state index contributed by atoms with van der Waals surface area (Å²) in [5, 5.41) is 0.403. The fourth-order valence-electron chi connectivity index (χ4n) is 1.69. The molecule has 0 bridgehead atoms. The molecule has 0 amide bonds. The number of nitrogens with zero attached hydrogens (tertiary/aromatic N) is 4. The van der Waals surface area contributed by atoms with Gasteiger partial charge in [-0.25, -0.2) is 19.9 Å². The van der Waals surface area contributed by atoms with Crippen molar-refractivity contribution in [1.29, 1.82) is 0 Å². The summed E-state index contributed by atoms with van der Waals surface area (Å²) in [6.07, 6.45) is 3.04. The van der Waals surface area contributed by atoms with E-state index in [1.807, 2.05) is 18.2 Å². The van der Waals surface area contributed by atoms with Crippen LogP contribution in [0, 0.1) is 0 Å². The van der Waals surface area contributed by atoms with Crippen LogP contribution in [0.25, 0.3) is 22.3 Å². The Kier molecular flexibility index (Phi) is 2.53. The van der Waals surface area contributed by atoms with Gasteiger partial charge in [0.15, 0.2) is 5.82 Å². The molecule has 88 valence electrons. The SMILES string of the molecule is Nc1ncnc2ccc(-c3cccnc3Cl)nc12. The number of nitrogens with two attached hydrogens (primary N) is 1. The quantitative estimate of drug-likeness (QED) is 0.677. The first-order chi connectivity index (χ1) is 8.75. The van der Waals surface area contributed by atoms with E-state index >= 15 is 0 Å². The Morgan fingerprint density at radius 3 is 2.78 bits per heavy atom. The molecule has 0 atom stereocenters. The molecule has 3 heterocycles. The van der Waals surface area contributed by atoms with Crippen molar-refractivity contribution in [3.05, 3.63) is 41.9 Å². The standard InChI is InChI=1S/C12H8ClN5/c13-11-7(2-1-5-15-11)8-3-4-9-10(18-8)12(14)17-6-16-9/h1-6H,(H2,14,16,17). The Morgan fingerprint density at radius 1 is 1.06 bits per heavy atom. The predicted octanol–water partition coefficient (Wildman–Crippen LogP) is 2.32. The van der Waals surface area contributed by atoms with Crippen LogP contribution in [-0.4, -0.2) is 19.9 Å². The lowest BCUT2D eigenvalue weighted by atomic mass is 10.2. The molecule has 0 fully saturated rings. The number of aromatic nitrogens is 4. The molecule has 18 heavy (non-hydrogen) atoms. The highest BCUT2D eigenvalue weighted by Crippen LogP contribution is 2.26. The summed E-state index contributed by atoms with van der Waals surface area (Å²) >= 11 is 6.04. The van der Waals surface area contributed by atoms with E-state index in [1.54, 1.807) is 12.3 Å². The zero-order valence-electron chi connectivity index (χ0n) is 9.21. The van der Waals surface area contributed by atoms with Crippen LogP contribution in [0.3, 0.4) is 0 Å². The average molecular weight is 258 g/mol. The highest BCUT2D eigenvalue weighted by molar-refractivity contribution is 6.32. The van der Waals surface area contributed by atoms with Gasteiger partial charge in [0.25, 0.3) is 0 Å². The first kappa shape index (κ1) is 10.9. The number of halogens is 1. The van der Waals surface area contributed by atoms with Crippen molar-refractivity contribution in [3.63, 3.8) is 0 Å². The van der Waals surface area contributed by atoms with E-state index in [9.17, 15) is 0 Å². The van der Waals surface area contributed by atoms with Gasteiger partial charge in [-0.3, -0.25) is 0 Å². The smallest absolute Gasteiger partial charge is 0.153 e. The molecule has 3 rings (SSSR count). The van der Waals surface area contributed by atoms with Crippen LogP contribution in [0.5, 0.6) is 0 Å².